The second kappa shape index (κ2) is 6.37. The van der Waals surface area contributed by atoms with E-state index in [9.17, 15) is 8.42 Å². The molecule has 3 aromatic rings. The number of hydrogen-bond acceptors (Lipinski definition) is 6. The number of nitrogens with one attached hydrogen (secondary N) is 1. The summed E-state index contributed by atoms with van der Waals surface area (Å²) in [5.74, 6) is 1.24. The fourth-order valence-corrected chi connectivity index (χ4v) is 4.00. The zero-order valence-electron chi connectivity index (χ0n) is 14.5. The fourth-order valence-electron chi connectivity index (χ4n) is 3.10. The zero-order valence-corrected chi connectivity index (χ0v) is 15.3. The van der Waals surface area contributed by atoms with Crippen LogP contribution in [0.5, 0.6) is 11.5 Å². The van der Waals surface area contributed by atoms with Crippen molar-refractivity contribution in [2.24, 2.45) is 0 Å². The molecule has 26 heavy (non-hydrogen) atoms. The summed E-state index contributed by atoms with van der Waals surface area (Å²) in [6.07, 6.45) is 1.33. The molecule has 1 heterocycles. The van der Waals surface area contributed by atoms with Crippen molar-refractivity contribution < 1.29 is 17.8 Å². The molecule has 1 aliphatic carbocycles. The number of fused-ring (bicyclic) bond motifs is 2. The maximum absolute atomic E-state index is 12.1. The Hall–Kier alpha value is -2.45. The Kier molecular flexibility index (Phi) is 4.16. The third-order valence-electron chi connectivity index (χ3n) is 4.54. The van der Waals surface area contributed by atoms with Gasteiger partial charge in [-0.05, 0) is 72.4 Å². The van der Waals surface area contributed by atoms with Gasteiger partial charge >= 0.3 is 0 Å². The topological polar surface area (TPSA) is 94.3 Å². The van der Waals surface area contributed by atoms with Crippen LogP contribution in [0.2, 0.25) is 0 Å². The fraction of sp³-hybridized carbons (Fsp3) is 0.333. The molecule has 0 radical (unpaired) electrons. The Labute approximate surface area is 151 Å². The van der Waals surface area contributed by atoms with Crippen LogP contribution in [0.4, 0.5) is 0 Å². The van der Waals surface area contributed by atoms with Crippen LogP contribution in [0.1, 0.15) is 25.0 Å². The molecule has 0 aliphatic heterocycles. The van der Waals surface area contributed by atoms with Gasteiger partial charge in [-0.25, -0.2) is 17.8 Å². The number of rotatable bonds is 5. The quantitative estimate of drug-likeness (QED) is 0.739. The number of ether oxygens (including phenoxy) is 1. The van der Waals surface area contributed by atoms with Gasteiger partial charge in [-0.2, -0.15) is 0 Å². The van der Waals surface area contributed by atoms with Crippen LogP contribution in [-0.4, -0.2) is 30.0 Å². The molecule has 0 amide bonds. The average Bonchev–Trinajstić information content (AvgIpc) is 3.20. The molecule has 8 heteroatoms. The highest BCUT2D eigenvalue weighted by molar-refractivity contribution is 7.90. The first-order chi connectivity index (χ1) is 12.4. The van der Waals surface area contributed by atoms with E-state index in [1.54, 1.807) is 26.0 Å². The van der Waals surface area contributed by atoms with Gasteiger partial charge in [-0.15, -0.1) is 0 Å². The zero-order chi connectivity index (χ0) is 18.3. The number of nitrogens with zero attached hydrogens (tertiary/aromatic N) is 2. The van der Waals surface area contributed by atoms with E-state index in [1.165, 1.54) is 0 Å². The van der Waals surface area contributed by atoms with Gasteiger partial charge in [-0.1, -0.05) is 12.1 Å². The van der Waals surface area contributed by atoms with Gasteiger partial charge in [0.05, 0.1) is 5.25 Å². The van der Waals surface area contributed by atoms with E-state index in [0.717, 1.165) is 11.1 Å². The molecule has 2 aromatic carbocycles. The second-order valence-electron chi connectivity index (χ2n) is 6.74. The average molecular weight is 373 g/mol. The predicted octanol–water partition coefficient (Wildman–Crippen LogP) is 2.81. The van der Waals surface area contributed by atoms with Crippen molar-refractivity contribution >= 4 is 21.1 Å². The summed E-state index contributed by atoms with van der Waals surface area (Å²) in [6, 6.07) is 11.1. The van der Waals surface area contributed by atoms with E-state index in [-0.39, 0.29) is 6.04 Å². The van der Waals surface area contributed by atoms with E-state index in [1.807, 2.05) is 24.3 Å². The van der Waals surface area contributed by atoms with E-state index < -0.39 is 15.3 Å². The van der Waals surface area contributed by atoms with Gasteiger partial charge in [0.2, 0.25) is 10.0 Å². The van der Waals surface area contributed by atoms with Gasteiger partial charge in [-0.3, -0.25) is 0 Å². The molecule has 1 atom stereocenters. The van der Waals surface area contributed by atoms with E-state index in [0.29, 0.717) is 35.4 Å². The largest absolute Gasteiger partial charge is 0.455 e. The molecule has 0 bridgehead atoms. The van der Waals surface area contributed by atoms with Gasteiger partial charge in [0.15, 0.2) is 11.3 Å². The molecule has 136 valence electrons. The second-order valence-corrected chi connectivity index (χ2v) is 9.01. The first kappa shape index (κ1) is 17.0. The Morgan fingerprint density at radius 2 is 1.96 bits per heavy atom. The summed E-state index contributed by atoms with van der Waals surface area (Å²) < 4.78 is 37.7. The normalized spacial score (nSPS) is 17.0. The van der Waals surface area contributed by atoms with Crippen molar-refractivity contribution in [1.82, 2.24) is 15.0 Å². The van der Waals surface area contributed by atoms with Crippen LogP contribution in [-0.2, 0) is 22.9 Å². The molecular formula is C18H19N3O4S. The van der Waals surface area contributed by atoms with Crippen LogP contribution in [0, 0.1) is 0 Å². The van der Waals surface area contributed by atoms with Gasteiger partial charge < -0.3 is 4.74 Å². The van der Waals surface area contributed by atoms with Crippen LogP contribution < -0.4 is 9.46 Å². The van der Waals surface area contributed by atoms with Crippen LogP contribution in [0.25, 0.3) is 11.0 Å². The molecule has 0 spiro atoms. The van der Waals surface area contributed by atoms with Gasteiger partial charge in [0, 0.05) is 6.04 Å². The van der Waals surface area contributed by atoms with E-state index >= 15 is 0 Å². The first-order valence-electron chi connectivity index (χ1n) is 8.44. The standard InChI is InChI=1S/C18H19N3O4S/c1-11(2)26(22,23)21-14-8-12-6-7-15(10-13(12)9-14)24-17-5-3-4-16-18(17)20-25-19-16/h3-7,10-11,14,21H,8-9H2,1-2H3/t14-/m0/s1. The minimum Gasteiger partial charge on any atom is -0.455 e. The first-order valence-corrected chi connectivity index (χ1v) is 9.99. The van der Waals surface area contributed by atoms with Crippen molar-refractivity contribution in [3.05, 3.63) is 47.5 Å². The number of hydrogen-bond donors (Lipinski definition) is 1. The molecule has 7 nitrogen and oxygen atoms in total. The molecule has 4 rings (SSSR count). The van der Waals surface area contributed by atoms with Crippen molar-refractivity contribution in [1.29, 1.82) is 0 Å². The Morgan fingerprint density at radius 3 is 2.77 bits per heavy atom. The third-order valence-corrected chi connectivity index (χ3v) is 6.44. The van der Waals surface area contributed by atoms with Gasteiger partial charge in [0.25, 0.3) is 0 Å². The molecule has 0 fully saturated rings. The Balaban J connectivity index is 1.53. The van der Waals surface area contributed by atoms with E-state index in [4.69, 9.17) is 9.37 Å². The lowest BCUT2D eigenvalue weighted by Crippen LogP contribution is -2.39. The summed E-state index contributed by atoms with van der Waals surface area (Å²) in [7, 11) is -3.28. The van der Waals surface area contributed by atoms with Gasteiger partial charge in [0.1, 0.15) is 11.3 Å². The number of aromatic nitrogens is 2. The molecule has 0 saturated carbocycles. The summed E-state index contributed by atoms with van der Waals surface area (Å²) >= 11 is 0. The Bertz CT molecular complexity index is 1060. The van der Waals surface area contributed by atoms with Crippen LogP contribution in [0.3, 0.4) is 0 Å². The SMILES string of the molecule is CC(C)S(=O)(=O)N[C@H]1Cc2ccc(Oc3cccc4nonc34)cc2C1. The van der Waals surface area contributed by atoms with E-state index in [2.05, 4.69) is 15.0 Å². The van der Waals surface area contributed by atoms with Crippen molar-refractivity contribution in [3.8, 4) is 11.5 Å². The minimum absolute atomic E-state index is 0.115. The highest BCUT2D eigenvalue weighted by Crippen LogP contribution is 2.32. The molecule has 0 unspecified atom stereocenters. The molecule has 1 aromatic heterocycles. The summed E-state index contributed by atoms with van der Waals surface area (Å²) in [6.45, 7) is 3.35. The maximum Gasteiger partial charge on any atom is 0.214 e. The molecule has 1 N–H and O–H groups in total. The number of sulfonamides is 1. The molecule has 0 saturated heterocycles. The number of benzene rings is 2. The van der Waals surface area contributed by atoms with Crippen LogP contribution >= 0.6 is 0 Å². The Morgan fingerprint density at radius 1 is 1.15 bits per heavy atom. The summed E-state index contributed by atoms with van der Waals surface area (Å²) in [5, 5.41) is 7.23. The molecule has 1 aliphatic rings. The smallest absolute Gasteiger partial charge is 0.214 e. The minimum atomic E-state index is -3.28. The summed E-state index contributed by atoms with van der Waals surface area (Å²) in [4.78, 5) is 0. The lowest BCUT2D eigenvalue weighted by atomic mass is 10.1. The lowest BCUT2D eigenvalue weighted by molar-refractivity contribution is 0.314. The predicted molar refractivity (Wildman–Crippen MR) is 96.7 cm³/mol. The van der Waals surface area contributed by atoms with Crippen molar-refractivity contribution in [2.75, 3.05) is 0 Å². The highest BCUT2D eigenvalue weighted by Gasteiger charge is 2.27. The summed E-state index contributed by atoms with van der Waals surface area (Å²) in [5.41, 5.74) is 3.42. The van der Waals surface area contributed by atoms with Crippen molar-refractivity contribution in [3.63, 3.8) is 0 Å². The third kappa shape index (κ3) is 3.17. The van der Waals surface area contributed by atoms with Crippen LogP contribution in [0.15, 0.2) is 41.0 Å². The maximum atomic E-state index is 12.1. The lowest BCUT2D eigenvalue weighted by Gasteiger charge is -2.14. The van der Waals surface area contributed by atoms with Crippen molar-refractivity contribution in [2.45, 2.75) is 38.0 Å². The monoisotopic (exact) mass is 373 g/mol. The highest BCUT2D eigenvalue weighted by atomic mass is 32.2. The molecular weight excluding hydrogens is 354 g/mol.